The number of halogens is 2. The maximum atomic E-state index is 11.9. The third kappa shape index (κ3) is 6.58. The van der Waals surface area contributed by atoms with Gasteiger partial charge < -0.3 is 14.8 Å². The Hall–Kier alpha value is -0.843. The molecule has 1 saturated carbocycles. The maximum Gasteiger partial charge on any atom is 0.407 e. The average Bonchev–Trinajstić information content (AvgIpc) is 3.22. The molecule has 0 aliphatic heterocycles. The van der Waals surface area contributed by atoms with Gasteiger partial charge in [0.05, 0.1) is 8.72 Å². The van der Waals surface area contributed by atoms with E-state index < -0.39 is 8.07 Å². The Morgan fingerprint density at radius 3 is 2.81 bits per heavy atom. The predicted octanol–water partition coefficient (Wildman–Crippen LogP) is 6.38. The van der Waals surface area contributed by atoms with E-state index in [0.717, 1.165) is 57.2 Å². The largest absolute Gasteiger partial charge is 0.446 e. The van der Waals surface area contributed by atoms with E-state index in [1.807, 2.05) is 20.0 Å². The predicted molar refractivity (Wildman–Crippen MR) is 137 cm³/mol. The number of fused-ring (bicyclic) bond motifs is 1. The topological polar surface area (TPSA) is 65.4 Å². The minimum Gasteiger partial charge on any atom is -0.446 e. The van der Waals surface area contributed by atoms with Gasteiger partial charge in [-0.25, -0.2) is 9.78 Å². The number of nitrogens with one attached hydrogen (secondary N) is 1. The first kappa shape index (κ1) is 24.8. The van der Waals surface area contributed by atoms with E-state index >= 15 is 0 Å². The molecule has 0 bridgehead atoms. The highest BCUT2D eigenvalue weighted by Crippen LogP contribution is 2.41. The number of aromatic nitrogens is 2. The summed E-state index contributed by atoms with van der Waals surface area (Å²) >= 11 is 9.15. The summed E-state index contributed by atoms with van der Waals surface area (Å²) in [7, 11) is -1.11. The maximum absolute atomic E-state index is 11.9. The summed E-state index contributed by atoms with van der Waals surface area (Å²) < 4.78 is 14.7. The summed E-state index contributed by atoms with van der Waals surface area (Å²) in [4.78, 5) is 16.7. The molecule has 1 fully saturated rings. The second-order valence-electron chi connectivity index (χ2n) is 9.84. The lowest BCUT2D eigenvalue weighted by Crippen LogP contribution is -2.33. The van der Waals surface area contributed by atoms with Gasteiger partial charge in [-0.1, -0.05) is 31.2 Å². The van der Waals surface area contributed by atoms with Gasteiger partial charge in [0.2, 0.25) is 0 Å². The minimum atomic E-state index is -1.11. The Balaban J connectivity index is 1.68. The highest BCUT2D eigenvalue weighted by atomic mass is 127. The molecule has 6 nitrogen and oxygen atoms in total. The minimum absolute atomic E-state index is 0.0665. The molecule has 9 heteroatoms. The Kier molecular flexibility index (Phi) is 8.31. The van der Waals surface area contributed by atoms with Crippen LogP contribution in [0.5, 0.6) is 0 Å². The summed E-state index contributed by atoms with van der Waals surface area (Å²) in [5.74, 6) is 0.246. The third-order valence-electron chi connectivity index (χ3n) is 5.56. The summed E-state index contributed by atoms with van der Waals surface area (Å²) in [6.07, 6.45) is 4.01. The van der Waals surface area contributed by atoms with Crippen LogP contribution in [-0.4, -0.2) is 42.5 Å². The smallest absolute Gasteiger partial charge is 0.407 e. The van der Waals surface area contributed by atoms with E-state index in [0.29, 0.717) is 6.73 Å². The van der Waals surface area contributed by atoms with Crippen molar-refractivity contribution in [2.45, 2.75) is 83.6 Å². The van der Waals surface area contributed by atoms with Crippen LogP contribution in [0.25, 0.3) is 11.0 Å². The molecule has 172 valence electrons. The number of hydrogen-bond acceptors (Lipinski definition) is 4. The molecule has 1 aliphatic rings. The second kappa shape index (κ2) is 10.4. The summed E-state index contributed by atoms with van der Waals surface area (Å²) in [5.41, 5.74) is 1.89. The number of rotatable bonds is 8. The molecule has 0 aromatic carbocycles. The lowest BCUT2D eigenvalue weighted by Gasteiger charge is -2.17. The molecule has 2 heterocycles. The van der Waals surface area contributed by atoms with Crippen molar-refractivity contribution in [2.75, 3.05) is 6.61 Å². The number of pyridine rings is 1. The molecule has 2 atom stereocenters. The normalized spacial score (nSPS) is 19.4. The van der Waals surface area contributed by atoms with E-state index in [1.165, 1.54) is 0 Å². The van der Waals surface area contributed by atoms with Crippen LogP contribution in [0.15, 0.2) is 12.3 Å². The molecule has 2 aromatic heterocycles. The monoisotopic (exact) mass is 577 g/mol. The van der Waals surface area contributed by atoms with Gasteiger partial charge in [-0.3, -0.25) is 4.57 Å². The molecule has 0 radical (unpaired) electrons. The molecule has 0 unspecified atom stereocenters. The Morgan fingerprint density at radius 1 is 1.39 bits per heavy atom. The van der Waals surface area contributed by atoms with Gasteiger partial charge in [0.1, 0.15) is 18.5 Å². The number of amides is 1. The highest BCUT2D eigenvalue weighted by molar-refractivity contribution is 14.1. The van der Waals surface area contributed by atoms with E-state index in [4.69, 9.17) is 26.1 Å². The molecule has 0 spiro atoms. The summed E-state index contributed by atoms with van der Waals surface area (Å²) in [6, 6.07) is 3.29. The fraction of sp³-hybridized carbons (Fsp3) is 0.636. The first-order valence-corrected chi connectivity index (χ1v) is 16.1. The summed E-state index contributed by atoms with van der Waals surface area (Å²) in [5, 5.41) is 4.49. The van der Waals surface area contributed by atoms with E-state index in [2.05, 4.69) is 58.2 Å². The Morgan fingerprint density at radius 2 is 2.13 bits per heavy atom. The van der Waals surface area contributed by atoms with Gasteiger partial charge in [-0.2, -0.15) is 0 Å². The number of alkyl carbamates (subject to hydrolysis) is 1. The van der Waals surface area contributed by atoms with Gasteiger partial charge in [0.15, 0.2) is 0 Å². The van der Waals surface area contributed by atoms with E-state index in [1.54, 1.807) is 0 Å². The Bertz CT molecular complexity index is 929. The van der Waals surface area contributed by atoms with Crippen molar-refractivity contribution in [1.29, 1.82) is 0 Å². The van der Waals surface area contributed by atoms with Crippen LogP contribution in [0.4, 0.5) is 4.79 Å². The van der Waals surface area contributed by atoms with Crippen molar-refractivity contribution in [1.82, 2.24) is 14.9 Å². The lowest BCUT2D eigenvalue weighted by molar-refractivity contribution is 0.0883. The van der Waals surface area contributed by atoms with Gasteiger partial charge >= 0.3 is 6.09 Å². The first-order chi connectivity index (χ1) is 14.5. The fourth-order valence-electron chi connectivity index (χ4n) is 3.84. The quantitative estimate of drug-likeness (QED) is 0.225. The van der Waals surface area contributed by atoms with Crippen LogP contribution in [0.2, 0.25) is 30.7 Å². The summed E-state index contributed by atoms with van der Waals surface area (Å²) in [6.45, 7) is 12.1. The van der Waals surface area contributed by atoms with Crippen molar-refractivity contribution in [2.24, 2.45) is 0 Å². The Labute approximate surface area is 204 Å². The van der Waals surface area contributed by atoms with Crippen molar-refractivity contribution in [3.8, 4) is 0 Å². The fourth-order valence-corrected chi connectivity index (χ4v) is 5.62. The number of nitrogens with zero attached hydrogens (tertiary/aromatic N) is 2. The molecular formula is C22H33ClIN3O3Si. The zero-order chi connectivity index (χ0) is 22.8. The molecule has 31 heavy (non-hydrogen) atoms. The standard InChI is InChI=1S/C22H33ClIN3O3Si/c1-14(2)26-22(28)30-16-7-6-15(10-16)18-12-25-21-17(20(18)23)11-19(24)27(21)13-29-8-9-31(3,4)5/h11-12,14-16H,6-10,13H2,1-5H3,(H,26,28)/t15-,16+/m0/s1. The average molecular weight is 578 g/mol. The lowest BCUT2D eigenvalue weighted by atomic mass is 9.98. The van der Waals surface area contributed by atoms with Crippen molar-refractivity contribution in [3.05, 3.63) is 26.5 Å². The highest BCUT2D eigenvalue weighted by Gasteiger charge is 2.31. The first-order valence-electron chi connectivity index (χ1n) is 10.9. The zero-order valence-electron chi connectivity index (χ0n) is 19.0. The molecule has 0 saturated heterocycles. The molecule has 1 aliphatic carbocycles. The number of carbonyl (C=O) groups excluding carboxylic acids is 1. The van der Waals surface area contributed by atoms with E-state index in [9.17, 15) is 4.79 Å². The van der Waals surface area contributed by atoms with Crippen LogP contribution in [0.1, 0.15) is 44.6 Å². The second-order valence-corrected chi connectivity index (χ2v) is 16.9. The molecular weight excluding hydrogens is 545 g/mol. The van der Waals surface area contributed by atoms with Gasteiger partial charge in [0.25, 0.3) is 0 Å². The van der Waals surface area contributed by atoms with Crippen LogP contribution < -0.4 is 5.32 Å². The third-order valence-corrected chi connectivity index (χ3v) is 8.57. The molecule has 2 aromatic rings. The van der Waals surface area contributed by atoms with Crippen LogP contribution in [0, 0.1) is 3.70 Å². The number of carbonyl (C=O) groups is 1. The van der Waals surface area contributed by atoms with E-state index in [-0.39, 0.29) is 24.2 Å². The van der Waals surface area contributed by atoms with Crippen LogP contribution >= 0.6 is 34.2 Å². The molecule has 1 N–H and O–H groups in total. The van der Waals surface area contributed by atoms with Gasteiger partial charge in [0, 0.05) is 32.3 Å². The molecule has 3 rings (SSSR count). The number of ether oxygens (including phenoxy) is 2. The van der Waals surface area contributed by atoms with Gasteiger partial charge in [-0.15, -0.1) is 0 Å². The molecule has 1 amide bonds. The SMILES string of the molecule is CC(C)NC(=O)O[C@@H]1CC[C@H](c2cnc3c(cc(I)n3COCC[Si](C)(C)C)c2Cl)C1. The van der Waals surface area contributed by atoms with Crippen molar-refractivity contribution >= 4 is 59.4 Å². The van der Waals surface area contributed by atoms with Gasteiger partial charge in [-0.05, 0) is 79.3 Å². The zero-order valence-corrected chi connectivity index (χ0v) is 22.9. The number of hydrogen-bond donors (Lipinski definition) is 1. The van der Waals surface area contributed by atoms with Crippen LogP contribution in [0.3, 0.4) is 0 Å². The van der Waals surface area contributed by atoms with Crippen molar-refractivity contribution in [3.63, 3.8) is 0 Å². The van der Waals surface area contributed by atoms with Crippen molar-refractivity contribution < 1.29 is 14.3 Å². The van der Waals surface area contributed by atoms with Crippen LogP contribution in [-0.2, 0) is 16.2 Å².